The molecule has 1 spiro atoms. The molecule has 8 nitrogen and oxygen atoms in total. The lowest BCUT2D eigenvalue weighted by molar-refractivity contribution is -0.137. The van der Waals surface area contributed by atoms with E-state index in [4.69, 9.17) is 4.52 Å². The molecule has 2 aromatic rings. The molecule has 0 aliphatic carbocycles. The summed E-state index contributed by atoms with van der Waals surface area (Å²) < 4.78 is 5.17. The Hall–Kier alpha value is -2.74. The second-order valence-electron chi connectivity index (χ2n) is 7.72. The van der Waals surface area contributed by atoms with Crippen LogP contribution in [0.3, 0.4) is 0 Å². The Morgan fingerprint density at radius 3 is 3.11 bits per heavy atom. The van der Waals surface area contributed by atoms with Gasteiger partial charge in [0.1, 0.15) is 5.54 Å². The van der Waals surface area contributed by atoms with Gasteiger partial charge in [0, 0.05) is 23.7 Å². The molecule has 3 aliphatic rings. The highest BCUT2D eigenvalue weighted by Gasteiger charge is 2.65. The molecule has 1 aromatic heterocycles. The second-order valence-corrected chi connectivity index (χ2v) is 7.72. The molecule has 28 heavy (non-hydrogen) atoms. The number of rotatable bonds is 4. The third-order valence-corrected chi connectivity index (χ3v) is 6.33. The van der Waals surface area contributed by atoms with Crippen LogP contribution in [-0.4, -0.2) is 39.4 Å². The summed E-state index contributed by atoms with van der Waals surface area (Å²) in [6.07, 6.45) is 3.43. The summed E-state index contributed by atoms with van der Waals surface area (Å²) in [5, 5.41) is 9.80. The highest BCUT2D eigenvalue weighted by atomic mass is 16.5. The monoisotopic (exact) mass is 381 g/mol. The molecule has 5 rings (SSSR count). The molecule has 0 bridgehead atoms. The lowest BCUT2D eigenvalue weighted by Gasteiger charge is -2.36. The van der Waals surface area contributed by atoms with E-state index in [9.17, 15) is 9.59 Å². The molecule has 3 atom stereocenters. The van der Waals surface area contributed by atoms with Gasteiger partial charge in [0.15, 0.2) is 5.82 Å². The summed E-state index contributed by atoms with van der Waals surface area (Å²) in [6, 6.07) is 7.97. The largest absolute Gasteiger partial charge is 0.347 e. The summed E-state index contributed by atoms with van der Waals surface area (Å²) in [5.74, 6) is 0.317. The Morgan fingerprint density at radius 2 is 2.29 bits per heavy atom. The van der Waals surface area contributed by atoms with Crippen molar-refractivity contribution in [2.75, 3.05) is 11.9 Å². The van der Waals surface area contributed by atoms with E-state index in [2.05, 4.69) is 25.7 Å². The number of aromatic nitrogens is 2. The van der Waals surface area contributed by atoms with Gasteiger partial charge in [0.05, 0.1) is 12.5 Å². The van der Waals surface area contributed by atoms with E-state index in [1.807, 2.05) is 31.2 Å². The Labute approximate surface area is 162 Å². The van der Waals surface area contributed by atoms with E-state index in [1.54, 1.807) is 0 Å². The predicted octanol–water partition coefficient (Wildman–Crippen LogP) is 1.58. The van der Waals surface area contributed by atoms with Crippen LogP contribution in [0.2, 0.25) is 0 Å². The van der Waals surface area contributed by atoms with Crippen LogP contribution in [0, 0.1) is 5.92 Å². The topological polar surface area (TPSA) is 100 Å². The van der Waals surface area contributed by atoms with Gasteiger partial charge in [-0.3, -0.25) is 14.5 Å². The van der Waals surface area contributed by atoms with Crippen molar-refractivity contribution in [1.29, 1.82) is 0 Å². The fraction of sp³-hybridized carbons (Fsp3) is 0.500. The first-order chi connectivity index (χ1) is 13.6. The van der Waals surface area contributed by atoms with E-state index >= 15 is 0 Å². The third-order valence-electron chi connectivity index (χ3n) is 6.33. The molecule has 1 aromatic carbocycles. The van der Waals surface area contributed by atoms with E-state index in [-0.39, 0.29) is 24.4 Å². The molecule has 0 saturated carbocycles. The smallest absolute Gasteiger partial charge is 0.250 e. The minimum Gasteiger partial charge on any atom is -0.347 e. The van der Waals surface area contributed by atoms with Gasteiger partial charge < -0.3 is 15.2 Å². The molecule has 2 saturated heterocycles. The molecular formula is C20H23N5O3. The summed E-state index contributed by atoms with van der Waals surface area (Å²) in [6.45, 7) is 2.95. The average Bonchev–Trinajstić information content (AvgIpc) is 3.45. The van der Waals surface area contributed by atoms with Crippen LogP contribution < -0.4 is 10.6 Å². The standard InChI is InChI=1S/C20H23N5O3/c1-2-16-23-17(28-24-16)11-21-18(26)14-10-12-6-5-9-25(12)20(14)13-7-3-4-8-15(13)22-19(20)27/h3-4,7-8,12,14H,2,5-6,9-11H2,1H3,(H,21,26)(H,22,27)/t12-,14+,20+/m1/s1. The minimum absolute atomic E-state index is 0.0932. The maximum Gasteiger partial charge on any atom is 0.250 e. The maximum atomic E-state index is 13.3. The van der Waals surface area contributed by atoms with Gasteiger partial charge in [-0.15, -0.1) is 0 Å². The van der Waals surface area contributed by atoms with Crippen molar-refractivity contribution in [1.82, 2.24) is 20.4 Å². The van der Waals surface area contributed by atoms with E-state index in [1.165, 1.54) is 0 Å². The number of hydrogen-bond acceptors (Lipinski definition) is 6. The Bertz CT molecular complexity index is 941. The van der Waals surface area contributed by atoms with E-state index in [0.29, 0.717) is 24.6 Å². The lowest BCUT2D eigenvalue weighted by Crippen LogP contribution is -2.54. The highest BCUT2D eigenvalue weighted by Crippen LogP contribution is 2.55. The number of carbonyl (C=O) groups is 2. The maximum absolute atomic E-state index is 13.3. The van der Waals surface area contributed by atoms with Crippen LogP contribution in [0.5, 0.6) is 0 Å². The molecule has 0 unspecified atom stereocenters. The fourth-order valence-corrected chi connectivity index (χ4v) is 5.17. The first-order valence-corrected chi connectivity index (χ1v) is 9.91. The summed E-state index contributed by atoms with van der Waals surface area (Å²) in [4.78, 5) is 33.0. The zero-order valence-electron chi connectivity index (χ0n) is 15.8. The van der Waals surface area contributed by atoms with Crippen LogP contribution in [0.15, 0.2) is 28.8 Å². The van der Waals surface area contributed by atoms with E-state index < -0.39 is 11.5 Å². The second kappa shape index (κ2) is 6.41. The minimum atomic E-state index is -0.925. The van der Waals surface area contributed by atoms with E-state index in [0.717, 1.165) is 30.6 Å². The van der Waals surface area contributed by atoms with Crippen LogP contribution in [0.1, 0.15) is 43.5 Å². The molecule has 3 aliphatic heterocycles. The molecule has 2 amide bonds. The fourth-order valence-electron chi connectivity index (χ4n) is 5.17. The van der Waals surface area contributed by atoms with Gasteiger partial charge in [-0.25, -0.2) is 0 Å². The highest BCUT2D eigenvalue weighted by molar-refractivity contribution is 6.09. The quantitative estimate of drug-likeness (QED) is 0.834. The number of nitrogens with one attached hydrogen (secondary N) is 2. The van der Waals surface area contributed by atoms with Crippen LogP contribution in [0.4, 0.5) is 5.69 Å². The molecule has 146 valence electrons. The van der Waals surface area contributed by atoms with Crippen molar-refractivity contribution in [3.05, 3.63) is 41.5 Å². The molecule has 4 heterocycles. The van der Waals surface area contributed by atoms with Crippen molar-refractivity contribution in [2.24, 2.45) is 5.92 Å². The lowest BCUT2D eigenvalue weighted by atomic mass is 9.78. The van der Waals surface area contributed by atoms with Gasteiger partial charge in [0.25, 0.3) is 0 Å². The first kappa shape index (κ1) is 17.4. The number of fused-ring (bicyclic) bond motifs is 4. The number of aryl methyl sites for hydroxylation is 1. The molecule has 8 heteroatoms. The molecule has 0 radical (unpaired) electrons. The van der Waals surface area contributed by atoms with Crippen LogP contribution in [0.25, 0.3) is 0 Å². The average molecular weight is 381 g/mol. The number of hydrogen-bond donors (Lipinski definition) is 2. The molecule has 2 N–H and O–H groups in total. The molecule has 2 fully saturated rings. The first-order valence-electron chi connectivity index (χ1n) is 9.91. The van der Waals surface area contributed by atoms with Crippen LogP contribution >= 0.6 is 0 Å². The Morgan fingerprint density at radius 1 is 1.43 bits per heavy atom. The summed E-state index contributed by atoms with van der Waals surface area (Å²) >= 11 is 0. The third kappa shape index (κ3) is 2.33. The van der Waals surface area contributed by atoms with Crippen molar-refractivity contribution >= 4 is 17.5 Å². The van der Waals surface area contributed by atoms with Crippen molar-refractivity contribution < 1.29 is 14.1 Å². The molecular weight excluding hydrogens is 358 g/mol. The van der Waals surface area contributed by atoms with Crippen molar-refractivity contribution in [3.63, 3.8) is 0 Å². The number of benzene rings is 1. The zero-order valence-corrected chi connectivity index (χ0v) is 15.8. The number of anilines is 1. The number of para-hydroxylation sites is 1. The Balaban J connectivity index is 1.46. The normalized spacial score (nSPS) is 28.4. The van der Waals surface area contributed by atoms with Gasteiger partial charge in [0.2, 0.25) is 17.7 Å². The predicted molar refractivity (Wildman–Crippen MR) is 100 cm³/mol. The summed E-state index contributed by atoms with van der Waals surface area (Å²) in [5.41, 5.74) is 0.795. The van der Waals surface area contributed by atoms with Gasteiger partial charge in [-0.1, -0.05) is 30.3 Å². The number of carbonyl (C=O) groups excluding carboxylic acids is 2. The zero-order chi connectivity index (χ0) is 19.3. The Kier molecular flexibility index (Phi) is 3.97. The van der Waals surface area contributed by atoms with Gasteiger partial charge in [-0.2, -0.15) is 4.98 Å². The summed E-state index contributed by atoms with van der Waals surface area (Å²) in [7, 11) is 0. The number of nitrogens with zero attached hydrogens (tertiary/aromatic N) is 3. The van der Waals surface area contributed by atoms with Gasteiger partial charge in [-0.05, 0) is 31.9 Å². The van der Waals surface area contributed by atoms with Crippen molar-refractivity contribution in [3.8, 4) is 0 Å². The van der Waals surface area contributed by atoms with Crippen molar-refractivity contribution in [2.45, 2.75) is 50.7 Å². The number of amides is 2. The van der Waals surface area contributed by atoms with Crippen LogP contribution in [-0.2, 0) is 28.1 Å². The van der Waals surface area contributed by atoms with Gasteiger partial charge >= 0.3 is 0 Å². The SMILES string of the molecule is CCc1noc(CNC(=O)[C@@H]2C[C@H]3CCCN3[C@]23C(=O)Nc2ccccc23)n1.